The smallest absolute Gasteiger partial charge is 0.289 e. The summed E-state index contributed by atoms with van der Waals surface area (Å²) in [5, 5.41) is 7.29. The van der Waals surface area contributed by atoms with Gasteiger partial charge < -0.3 is 15.1 Å². The minimum absolute atomic E-state index is 0.0212. The molecule has 4 amide bonds. The van der Waals surface area contributed by atoms with Crippen LogP contribution in [-0.4, -0.2) is 40.9 Å². The molecule has 1 fully saturated rings. The molecule has 1 aliphatic heterocycles. The van der Waals surface area contributed by atoms with Crippen LogP contribution in [0.25, 0.3) is 0 Å². The van der Waals surface area contributed by atoms with E-state index in [1.165, 1.54) is 6.07 Å². The predicted octanol–water partition coefficient (Wildman–Crippen LogP) is 0.261. The Kier molecular flexibility index (Phi) is 5.82. The molecule has 150 valence electrons. The van der Waals surface area contributed by atoms with Crippen molar-refractivity contribution in [1.29, 1.82) is 0 Å². The van der Waals surface area contributed by atoms with E-state index in [1.807, 2.05) is 0 Å². The molecule has 29 heavy (non-hydrogen) atoms. The van der Waals surface area contributed by atoms with Crippen molar-refractivity contribution in [2.75, 3.05) is 0 Å². The summed E-state index contributed by atoms with van der Waals surface area (Å²) >= 11 is 0. The van der Waals surface area contributed by atoms with Crippen LogP contribution >= 0.6 is 0 Å². The number of piperidine rings is 1. The van der Waals surface area contributed by atoms with E-state index >= 15 is 0 Å². The third-order valence-corrected chi connectivity index (χ3v) is 4.49. The summed E-state index contributed by atoms with van der Waals surface area (Å²) in [5.41, 5.74) is 0.996. The molecule has 10 heteroatoms. The van der Waals surface area contributed by atoms with Gasteiger partial charge in [-0.1, -0.05) is 12.1 Å². The van der Waals surface area contributed by atoms with Crippen LogP contribution in [0.5, 0.6) is 0 Å². The highest BCUT2D eigenvalue weighted by Gasteiger charge is 2.29. The first-order valence-corrected chi connectivity index (χ1v) is 8.80. The van der Waals surface area contributed by atoms with Crippen molar-refractivity contribution in [2.24, 2.45) is 0 Å². The van der Waals surface area contributed by atoms with Gasteiger partial charge in [0.1, 0.15) is 6.04 Å². The quantitative estimate of drug-likeness (QED) is 0.467. The summed E-state index contributed by atoms with van der Waals surface area (Å²) in [6.07, 6.45) is 1.96. The molecular weight excluding hydrogens is 380 g/mol. The standard InChI is InChI=1S/C19H18N4O6/c1-10-16(29-9-21-10)19(28)20-7-11-3-2-4-12(13(11)8-24)17(26)22-14-5-6-15(25)23-18(14)27/h2-4,8-9,14H,5-7H2,1H3,(H,20,28)(H,22,26)(H,23,25,27). The number of carbonyl (C=O) groups excluding carboxylic acids is 5. The van der Waals surface area contributed by atoms with Crippen molar-refractivity contribution in [2.45, 2.75) is 32.4 Å². The molecule has 2 heterocycles. The van der Waals surface area contributed by atoms with Crippen LogP contribution in [-0.2, 0) is 16.1 Å². The molecule has 0 bridgehead atoms. The number of rotatable bonds is 6. The first-order valence-electron chi connectivity index (χ1n) is 8.80. The van der Waals surface area contributed by atoms with Crippen LogP contribution in [0.15, 0.2) is 29.0 Å². The van der Waals surface area contributed by atoms with Crippen molar-refractivity contribution in [3.63, 3.8) is 0 Å². The molecule has 0 aliphatic carbocycles. The summed E-state index contributed by atoms with van der Waals surface area (Å²) in [7, 11) is 0. The van der Waals surface area contributed by atoms with E-state index < -0.39 is 29.7 Å². The maximum absolute atomic E-state index is 12.6. The Morgan fingerprint density at radius 1 is 1.31 bits per heavy atom. The second-order valence-electron chi connectivity index (χ2n) is 6.42. The Morgan fingerprint density at radius 3 is 2.76 bits per heavy atom. The number of aryl methyl sites for hydroxylation is 1. The topological polar surface area (TPSA) is 147 Å². The van der Waals surface area contributed by atoms with Gasteiger partial charge in [-0.15, -0.1) is 0 Å². The van der Waals surface area contributed by atoms with Gasteiger partial charge in [-0.3, -0.25) is 29.3 Å². The van der Waals surface area contributed by atoms with Crippen LogP contribution in [0.4, 0.5) is 0 Å². The SMILES string of the molecule is Cc1ncoc1C(=O)NCc1cccc(C(=O)NC2CCC(=O)NC2=O)c1C=O. The first-order chi connectivity index (χ1) is 13.9. The fraction of sp³-hybridized carbons (Fsp3) is 0.263. The van der Waals surface area contributed by atoms with E-state index in [0.717, 1.165) is 6.39 Å². The van der Waals surface area contributed by atoms with Gasteiger partial charge in [0.25, 0.3) is 11.8 Å². The monoisotopic (exact) mass is 398 g/mol. The molecule has 3 rings (SSSR count). The molecule has 1 aromatic heterocycles. The molecule has 3 N–H and O–H groups in total. The zero-order valence-electron chi connectivity index (χ0n) is 15.5. The number of aldehydes is 1. The third-order valence-electron chi connectivity index (χ3n) is 4.49. The lowest BCUT2D eigenvalue weighted by Gasteiger charge is -2.22. The second kappa shape index (κ2) is 8.46. The summed E-state index contributed by atoms with van der Waals surface area (Å²) in [6, 6.07) is 3.74. The van der Waals surface area contributed by atoms with Crippen LogP contribution < -0.4 is 16.0 Å². The number of hydrogen-bond acceptors (Lipinski definition) is 7. The second-order valence-corrected chi connectivity index (χ2v) is 6.42. The average molecular weight is 398 g/mol. The summed E-state index contributed by atoms with van der Waals surface area (Å²) in [5.74, 6) is -2.05. The molecule has 2 aromatic rings. The molecule has 1 unspecified atom stereocenters. The van der Waals surface area contributed by atoms with Gasteiger partial charge in [-0.25, -0.2) is 4.98 Å². The highest BCUT2D eigenvalue weighted by molar-refractivity contribution is 6.06. The number of amides is 4. The van der Waals surface area contributed by atoms with E-state index in [2.05, 4.69) is 20.9 Å². The zero-order chi connectivity index (χ0) is 21.0. The van der Waals surface area contributed by atoms with E-state index in [-0.39, 0.29) is 36.3 Å². The van der Waals surface area contributed by atoms with Crippen LogP contribution in [0.1, 0.15) is 55.4 Å². The number of oxazole rings is 1. The molecule has 1 aromatic carbocycles. The molecule has 10 nitrogen and oxygen atoms in total. The predicted molar refractivity (Wildman–Crippen MR) is 97.9 cm³/mol. The lowest BCUT2D eigenvalue weighted by Crippen LogP contribution is -2.52. The molecule has 1 atom stereocenters. The van der Waals surface area contributed by atoms with Gasteiger partial charge in [-0.05, 0) is 25.0 Å². The molecule has 0 saturated carbocycles. The maximum atomic E-state index is 12.6. The Hall–Kier alpha value is -3.82. The largest absolute Gasteiger partial charge is 0.438 e. The molecular formula is C19H18N4O6. The lowest BCUT2D eigenvalue weighted by atomic mass is 10.00. The van der Waals surface area contributed by atoms with Crippen LogP contribution in [0, 0.1) is 6.92 Å². The van der Waals surface area contributed by atoms with Crippen molar-refractivity contribution < 1.29 is 28.4 Å². The Morgan fingerprint density at radius 2 is 2.10 bits per heavy atom. The van der Waals surface area contributed by atoms with Gasteiger partial charge in [0, 0.05) is 18.5 Å². The number of imide groups is 1. The van der Waals surface area contributed by atoms with Gasteiger partial charge >= 0.3 is 0 Å². The highest BCUT2D eigenvalue weighted by Crippen LogP contribution is 2.15. The van der Waals surface area contributed by atoms with Crippen LogP contribution in [0.3, 0.4) is 0 Å². The number of nitrogens with zero attached hydrogens (tertiary/aromatic N) is 1. The van der Waals surface area contributed by atoms with Crippen molar-refractivity contribution in [3.05, 3.63) is 52.7 Å². The van der Waals surface area contributed by atoms with Crippen molar-refractivity contribution >= 4 is 29.9 Å². The Labute approximate surface area is 165 Å². The number of hydrogen-bond donors (Lipinski definition) is 3. The van der Waals surface area contributed by atoms with Gasteiger partial charge in [0.05, 0.1) is 11.3 Å². The average Bonchev–Trinajstić information content (AvgIpc) is 3.13. The fourth-order valence-corrected chi connectivity index (χ4v) is 2.95. The van der Waals surface area contributed by atoms with Crippen molar-refractivity contribution in [1.82, 2.24) is 20.9 Å². The summed E-state index contributed by atoms with van der Waals surface area (Å²) in [4.78, 5) is 63.3. The van der Waals surface area contributed by atoms with E-state index in [0.29, 0.717) is 17.5 Å². The fourth-order valence-electron chi connectivity index (χ4n) is 2.95. The Balaban J connectivity index is 1.73. The number of benzene rings is 1. The molecule has 1 aliphatic rings. The van der Waals surface area contributed by atoms with E-state index in [4.69, 9.17) is 4.42 Å². The van der Waals surface area contributed by atoms with E-state index in [1.54, 1.807) is 19.1 Å². The normalized spacial score (nSPS) is 16.1. The molecule has 0 radical (unpaired) electrons. The zero-order valence-corrected chi connectivity index (χ0v) is 15.5. The first kappa shape index (κ1) is 19.9. The number of carbonyl (C=O) groups is 5. The molecule has 0 spiro atoms. The minimum atomic E-state index is -0.863. The van der Waals surface area contributed by atoms with Gasteiger partial charge in [-0.2, -0.15) is 0 Å². The number of aromatic nitrogens is 1. The highest BCUT2D eigenvalue weighted by atomic mass is 16.3. The van der Waals surface area contributed by atoms with E-state index in [9.17, 15) is 24.0 Å². The number of nitrogens with one attached hydrogen (secondary N) is 3. The summed E-state index contributed by atoms with van der Waals surface area (Å²) < 4.78 is 5.02. The third kappa shape index (κ3) is 4.37. The van der Waals surface area contributed by atoms with Crippen molar-refractivity contribution in [3.8, 4) is 0 Å². The Bertz CT molecular complexity index is 996. The lowest BCUT2D eigenvalue weighted by molar-refractivity contribution is -0.134. The molecule has 1 saturated heterocycles. The summed E-state index contributed by atoms with van der Waals surface area (Å²) in [6.45, 7) is 1.60. The maximum Gasteiger partial charge on any atom is 0.289 e. The van der Waals surface area contributed by atoms with Crippen LogP contribution in [0.2, 0.25) is 0 Å². The van der Waals surface area contributed by atoms with Gasteiger partial charge in [0.15, 0.2) is 12.7 Å². The van der Waals surface area contributed by atoms with Gasteiger partial charge in [0.2, 0.25) is 17.6 Å². The minimum Gasteiger partial charge on any atom is -0.438 e.